The first-order valence-electron chi connectivity index (χ1n) is 6.51. The van der Waals surface area contributed by atoms with Crippen molar-refractivity contribution in [2.75, 3.05) is 20.6 Å². The van der Waals surface area contributed by atoms with Crippen LogP contribution in [0.3, 0.4) is 0 Å². The van der Waals surface area contributed by atoms with Crippen molar-refractivity contribution in [3.8, 4) is 0 Å². The number of aromatic nitrogens is 1. The first-order chi connectivity index (χ1) is 9.18. The van der Waals surface area contributed by atoms with E-state index in [4.69, 9.17) is 4.98 Å². The van der Waals surface area contributed by atoms with E-state index in [2.05, 4.69) is 5.32 Å². The van der Waals surface area contributed by atoms with Crippen LogP contribution in [0.15, 0.2) is 24.3 Å². The SMILES string of the molecule is CN(C)C(=O)c1c2c(nc3ccccc13)CCNC2. The molecule has 0 bridgehead atoms. The molecule has 2 heterocycles. The minimum absolute atomic E-state index is 0.0542. The third-order valence-electron chi connectivity index (χ3n) is 3.54. The van der Waals surface area contributed by atoms with Gasteiger partial charge in [-0.1, -0.05) is 18.2 Å². The monoisotopic (exact) mass is 255 g/mol. The number of amides is 1. The fraction of sp³-hybridized carbons (Fsp3) is 0.333. The fourth-order valence-corrected chi connectivity index (χ4v) is 2.59. The lowest BCUT2D eigenvalue weighted by molar-refractivity contribution is 0.0828. The number of nitrogens with one attached hydrogen (secondary N) is 1. The molecular weight excluding hydrogens is 238 g/mol. The van der Waals surface area contributed by atoms with Gasteiger partial charge in [0.15, 0.2) is 0 Å². The van der Waals surface area contributed by atoms with Crippen LogP contribution in [0.2, 0.25) is 0 Å². The van der Waals surface area contributed by atoms with Crippen LogP contribution in [0.4, 0.5) is 0 Å². The quantitative estimate of drug-likeness (QED) is 0.841. The zero-order chi connectivity index (χ0) is 13.4. The molecule has 1 aromatic carbocycles. The molecule has 1 aromatic heterocycles. The predicted molar refractivity (Wildman–Crippen MR) is 75.2 cm³/mol. The molecule has 4 heteroatoms. The van der Waals surface area contributed by atoms with Gasteiger partial charge in [0.1, 0.15) is 0 Å². The highest BCUT2D eigenvalue weighted by Crippen LogP contribution is 2.26. The van der Waals surface area contributed by atoms with Gasteiger partial charge in [0.25, 0.3) is 5.91 Å². The third-order valence-corrected chi connectivity index (χ3v) is 3.54. The van der Waals surface area contributed by atoms with E-state index in [1.165, 1.54) is 0 Å². The Labute approximate surface area is 112 Å². The van der Waals surface area contributed by atoms with E-state index in [-0.39, 0.29) is 5.91 Å². The summed E-state index contributed by atoms with van der Waals surface area (Å²) < 4.78 is 0. The Kier molecular flexibility index (Phi) is 2.95. The van der Waals surface area contributed by atoms with Crippen LogP contribution in [0.5, 0.6) is 0 Å². The largest absolute Gasteiger partial charge is 0.345 e. The smallest absolute Gasteiger partial charge is 0.254 e. The van der Waals surface area contributed by atoms with Crippen LogP contribution in [0.1, 0.15) is 21.6 Å². The molecule has 1 aliphatic heterocycles. The molecule has 0 radical (unpaired) electrons. The Bertz CT molecular complexity index is 649. The third kappa shape index (κ3) is 1.98. The summed E-state index contributed by atoms with van der Waals surface area (Å²) in [5.74, 6) is 0.0542. The maximum Gasteiger partial charge on any atom is 0.254 e. The van der Waals surface area contributed by atoms with Crippen LogP contribution in [0, 0.1) is 0 Å². The van der Waals surface area contributed by atoms with Crippen LogP contribution in [0.25, 0.3) is 10.9 Å². The Morgan fingerprint density at radius 3 is 2.89 bits per heavy atom. The van der Waals surface area contributed by atoms with Gasteiger partial charge in [-0.05, 0) is 6.07 Å². The summed E-state index contributed by atoms with van der Waals surface area (Å²) >= 11 is 0. The summed E-state index contributed by atoms with van der Waals surface area (Å²) in [4.78, 5) is 18.8. The molecule has 19 heavy (non-hydrogen) atoms. The van der Waals surface area contributed by atoms with E-state index in [0.717, 1.165) is 47.2 Å². The van der Waals surface area contributed by atoms with E-state index < -0.39 is 0 Å². The number of carbonyl (C=O) groups excluding carboxylic acids is 1. The van der Waals surface area contributed by atoms with E-state index in [1.54, 1.807) is 19.0 Å². The highest BCUT2D eigenvalue weighted by Gasteiger charge is 2.23. The summed E-state index contributed by atoms with van der Waals surface area (Å²) in [5.41, 5.74) is 3.83. The first kappa shape index (κ1) is 12.1. The Balaban J connectivity index is 2.34. The van der Waals surface area contributed by atoms with Crippen molar-refractivity contribution in [3.63, 3.8) is 0 Å². The Morgan fingerprint density at radius 1 is 1.32 bits per heavy atom. The fourth-order valence-electron chi connectivity index (χ4n) is 2.59. The Hall–Kier alpha value is -1.94. The molecule has 1 amide bonds. The molecule has 0 atom stereocenters. The van der Waals surface area contributed by atoms with Crippen LogP contribution in [-0.2, 0) is 13.0 Å². The zero-order valence-corrected chi connectivity index (χ0v) is 11.2. The normalized spacial score (nSPS) is 14.2. The van der Waals surface area contributed by atoms with Crippen molar-refractivity contribution in [2.45, 2.75) is 13.0 Å². The van der Waals surface area contributed by atoms with Crippen molar-refractivity contribution in [1.29, 1.82) is 0 Å². The molecule has 0 unspecified atom stereocenters. The van der Waals surface area contributed by atoms with Gasteiger partial charge in [-0.25, -0.2) is 0 Å². The van der Waals surface area contributed by atoms with Crippen molar-refractivity contribution in [1.82, 2.24) is 15.2 Å². The number of fused-ring (bicyclic) bond motifs is 2. The second kappa shape index (κ2) is 4.63. The topological polar surface area (TPSA) is 45.2 Å². The number of hydrogen-bond acceptors (Lipinski definition) is 3. The second-order valence-corrected chi connectivity index (χ2v) is 5.06. The zero-order valence-electron chi connectivity index (χ0n) is 11.2. The number of pyridine rings is 1. The molecule has 0 spiro atoms. The standard InChI is InChI=1S/C15H17N3O/c1-18(2)15(19)14-10-5-3-4-6-12(10)17-13-7-8-16-9-11(13)14/h3-6,16H,7-9H2,1-2H3. The summed E-state index contributed by atoms with van der Waals surface area (Å²) in [7, 11) is 3.58. The molecule has 4 nitrogen and oxygen atoms in total. The van der Waals surface area contributed by atoms with Crippen LogP contribution >= 0.6 is 0 Å². The summed E-state index contributed by atoms with van der Waals surface area (Å²) in [5, 5.41) is 4.28. The van der Waals surface area contributed by atoms with E-state index in [0.29, 0.717) is 0 Å². The first-order valence-corrected chi connectivity index (χ1v) is 6.51. The van der Waals surface area contributed by atoms with Crippen molar-refractivity contribution < 1.29 is 4.79 Å². The maximum atomic E-state index is 12.5. The van der Waals surface area contributed by atoms with Crippen LogP contribution < -0.4 is 5.32 Å². The average molecular weight is 255 g/mol. The van der Waals surface area contributed by atoms with E-state index >= 15 is 0 Å². The summed E-state index contributed by atoms with van der Waals surface area (Å²) in [6.07, 6.45) is 0.883. The molecule has 0 saturated carbocycles. The highest BCUT2D eigenvalue weighted by atomic mass is 16.2. The molecule has 98 valence electrons. The van der Waals surface area contributed by atoms with Gasteiger partial charge in [-0.3, -0.25) is 9.78 Å². The lowest BCUT2D eigenvalue weighted by Crippen LogP contribution is -2.30. The lowest BCUT2D eigenvalue weighted by atomic mass is 9.96. The van der Waals surface area contributed by atoms with Crippen molar-refractivity contribution >= 4 is 16.8 Å². The molecule has 0 aliphatic carbocycles. The molecule has 1 aliphatic rings. The van der Waals surface area contributed by atoms with E-state index in [9.17, 15) is 4.79 Å². The van der Waals surface area contributed by atoms with Crippen molar-refractivity contribution in [3.05, 3.63) is 41.1 Å². The molecule has 1 N–H and O–H groups in total. The van der Waals surface area contributed by atoms with Gasteiger partial charge in [0.05, 0.1) is 11.1 Å². The van der Waals surface area contributed by atoms with Gasteiger partial charge in [-0.15, -0.1) is 0 Å². The summed E-state index contributed by atoms with van der Waals surface area (Å²) in [6.45, 7) is 1.65. The molecule has 0 fully saturated rings. The number of hydrogen-bond donors (Lipinski definition) is 1. The van der Waals surface area contributed by atoms with Gasteiger partial charge >= 0.3 is 0 Å². The van der Waals surface area contributed by atoms with Gasteiger partial charge in [0, 0.05) is 50.2 Å². The molecular formula is C15H17N3O. The molecule has 2 aromatic rings. The van der Waals surface area contributed by atoms with Crippen molar-refractivity contribution in [2.24, 2.45) is 0 Å². The molecule has 0 saturated heterocycles. The van der Waals surface area contributed by atoms with Gasteiger partial charge in [0.2, 0.25) is 0 Å². The minimum atomic E-state index is 0.0542. The number of rotatable bonds is 1. The van der Waals surface area contributed by atoms with E-state index in [1.807, 2.05) is 24.3 Å². The molecule has 3 rings (SSSR count). The minimum Gasteiger partial charge on any atom is -0.345 e. The van der Waals surface area contributed by atoms with Crippen LogP contribution in [-0.4, -0.2) is 36.4 Å². The Morgan fingerprint density at radius 2 is 2.11 bits per heavy atom. The average Bonchev–Trinajstić information content (AvgIpc) is 2.43. The number of nitrogens with zero attached hydrogens (tertiary/aromatic N) is 2. The predicted octanol–water partition coefficient (Wildman–Crippen LogP) is 1.58. The van der Waals surface area contributed by atoms with Gasteiger partial charge in [-0.2, -0.15) is 0 Å². The summed E-state index contributed by atoms with van der Waals surface area (Å²) in [6, 6.07) is 7.88. The number of carbonyl (C=O) groups is 1. The highest BCUT2D eigenvalue weighted by molar-refractivity contribution is 6.07. The van der Waals surface area contributed by atoms with Gasteiger partial charge < -0.3 is 10.2 Å². The number of para-hydroxylation sites is 1. The number of benzene rings is 1. The second-order valence-electron chi connectivity index (χ2n) is 5.06. The lowest BCUT2D eigenvalue weighted by Gasteiger charge is -2.22. The maximum absolute atomic E-state index is 12.5.